The topological polar surface area (TPSA) is 58.6 Å². The second-order valence-electron chi connectivity index (χ2n) is 8.00. The van der Waals surface area contributed by atoms with E-state index in [0.717, 1.165) is 29.5 Å². The van der Waals surface area contributed by atoms with Crippen LogP contribution in [-0.2, 0) is 29.3 Å². The lowest BCUT2D eigenvalue weighted by Crippen LogP contribution is -2.51. The van der Waals surface area contributed by atoms with E-state index in [0.29, 0.717) is 37.6 Å². The maximum atomic E-state index is 12.9. The van der Waals surface area contributed by atoms with Crippen LogP contribution in [0.1, 0.15) is 45.6 Å². The number of ether oxygens (including phenoxy) is 1. The molecule has 1 fully saturated rings. The number of hydrogen-bond donors (Lipinski definition) is 1. The van der Waals surface area contributed by atoms with Gasteiger partial charge < -0.3 is 15.0 Å². The molecule has 4 rings (SSSR count). The Balaban J connectivity index is 1.27. The van der Waals surface area contributed by atoms with Crippen LogP contribution in [0.25, 0.3) is 0 Å². The van der Waals surface area contributed by atoms with Crippen molar-refractivity contribution in [3.05, 3.63) is 93.7 Å². The molecule has 5 nitrogen and oxygen atoms in total. The van der Waals surface area contributed by atoms with E-state index in [9.17, 15) is 9.59 Å². The minimum atomic E-state index is -0.399. The van der Waals surface area contributed by atoms with E-state index in [2.05, 4.69) is 5.32 Å². The third-order valence-corrected chi connectivity index (χ3v) is 6.53. The van der Waals surface area contributed by atoms with E-state index in [1.807, 2.05) is 72.1 Å². The molecule has 2 heterocycles. The predicted octanol–water partition coefficient (Wildman–Crippen LogP) is 4.78. The Hall–Kier alpha value is -2.96. The normalized spacial score (nSPS) is 16.0. The molecule has 3 aromatic rings. The summed E-state index contributed by atoms with van der Waals surface area (Å²) in [6, 6.07) is 21.5. The summed E-state index contributed by atoms with van der Waals surface area (Å²) in [5.74, 6) is -0.121. The lowest BCUT2D eigenvalue weighted by Gasteiger charge is -2.34. The number of benzene rings is 2. The molecular formula is C26H28N2O3S. The third-order valence-electron chi connectivity index (χ3n) is 5.67. The van der Waals surface area contributed by atoms with Crippen molar-refractivity contribution in [2.24, 2.45) is 0 Å². The lowest BCUT2D eigenvalue weighted by atomic mass is 10.0. The molecule has 1 unspecified atom stereocenters. The molecule has 0 spiro atoms. The second kappa shape index (κ2) is 11.1. The molecule has 6 heteroatoms. The molecule has 0 bridgehead atoms. The molecule has 1 aliphatic heterocycles. The van der Waals surface area contributed by atoms with Gasteiger partial charge in [0.25, 0.3) is 5.91 Å². The number of carbonyl (C=O) groups excluding carboxylic acids is 2. The van der Waals surface area contributed by atoms with Gasteiger partial charge in [0, 0.05) is 13.1 Å². The Labute approximate surface area is 193 Å². The van der Waals surface area contributed by atoms with Crippen LogP contribution in [0.5, 0.6) is 0 Å². The Morgan fingerprint density at radius 1 is 0.906 bits per heavy atom. The van der Waals surface area contributed by atoms with Crippen molar-refractivity contribution in [3.8, 4) is 0 Å². The summed E-state index contributed by atoms with van der Waals surface area (Å²) in [6.45, 7) is 2.21. The highest BCUT2D eigenvalue weighted by Crippen LogP contribution is 2.22. The molecule has 32 heavy (non-hydrogen) atoms. The Morgan fingerprint density at radius 3 is 2.34 bits per heavy atom. The van der Waals surface area contributed by atoms with E-state index in [4.69, 9.17) is 4.74 Å². The fraction of sp³-hybridized carbons (Fsp3) is 0.308. The van der Waals surface area contributed by atoms with Crippen molar-refractivity contribution in [1.29, 1.82) is 0 Å². The summed E-state index contributed by atoms with van der Waals surface area (Å²) >= 11 is 1.42. The fourth-order valence-electron chi connectivity index (χ4n) is 3.91. The van der Waals surface area contributed by atoms with Crippen LogP contribution in [0.15, 0.2) is 72.1 Å². The lowest BCUT2D eigenvalue weighted by molar-refractivity contribution is -0.126. The van der Waals surface area contributed by atoms with E-state index in [1.165, 1.54) is 11.3 Å². The summed E-state index contributed by atoms with van der Waals surface area (Å²) in [7, 11) is 0. The quantitative estimate of drug-likeness (QED) is 0.540. The number of thiophene rings is 1. The van der Waals surface area contributed by atoms with Crippen molar-refractivity contribution in [1.82, 2.24) is 10.2 Å². The van der Waals surface area contributed by atoms with Crippen molar-refractivity contribution in [3.63, 3.8) is 0 Å². The van der Waals surface area contributed by atoms with E-state index in [1.54, 1.807) is 4.90 Å². The highest BCUT2D eigenvalue weighted by atomic mass is 32.1. The number of rotatable bonds is 8. The SMILES string of the molecule is O=C(NCc1ccc(COCc2ccccc2)cc1)C1CCCCN1C(=O)c1cccs1. The highest BCUT2D eigenvalue weighted by molar-refractivity contribution is 7.12. The van der Waals surface area contributed by atoms with Crippen LogP contribution in [0, 0.1) is 0 Å². The average molecular weight is 449 g/mol. The van der Waals surface area contributed by atoms with Gasteiger partial charge in [-0.05, 0) is 47.4 Å². The zero-order chi connectivity index (χ0) is 22.2. The molecule has 0 saturated carbocycles. The van der Waals surface area contributed by atoms with Gasteiger partial charge in [-0.3, -0.25) is 9.59 Å². The number of piperidine rings is 1. The molecule has 1 saturated heterocycles. The molecule has 1 aliphatic rings. The highest BCUT2D eigenvalue weighted by Gasteiger charge is 2.32. The molecule has 1 N–H and O–H groups in total. The number of carbonyl (C=O) groups is 2. The predicted molar refractivity (Wildman–Crippen MR) is 126 cm³/mol. The second-order valence-corrected chi connectivity index (χ2v) is 8.95. The summed E-state index contributed by atoms with van der Waals surface area (Å²) in [4.78, 5) is 28.1. The van der Waals surface area contributed by atoms with Gasteiger partial charge in [0.2, 0.25) is 5.91 Å². The summed E-state index contributed by atoms with van der Waals surface area (Å²) in [5, 5.41) is 4.91. The first-order chi connectivity index (χ1) is 15.7. The van der Waals surface area contributed by atoms with Gasteiger partial charge in [0.05, 0.1) is 18.1 Å². The van der Waals surface area contributed by atoms with Crippen molar-refractivity contribution in [2.45, 2.75) is 45.1 Å². The van der Waals surface area contributed by atoms with Gasteiger partial charge in [-0.2, -0.15) is 0 Å². The van der Waals surface area contributed by atoms with Crippen LogP contribution in [-0.4, -0.2) is 29.3 Å². The molecule has 0 radical (unpaired) electrons. The number of nitrogens with zero attached hydrogens (tertiary/aromatic N) is 1. The fourth-order valence-corrected chi connectivity index (χ4v) is 4.59. The van der Waals surface area contributed by atoms with Crippen LogP contribution in [0.4, 0.5) is 0 Å². The van der Waals surface area contributed by atoms with Crippen molar-refractivity contribution < 1.29 is 14.3 Å². The van der Waals surface area contributed by atoms with Crippen LogP contribution in [0.2, 0.25) is 0 Å². The third kappa shape index (κ3) is 5.84. The van der Waals surface area contributed by atoms with Crippen LogP contribution < -0.4 is 5.32 Å². The standard InChI is InChI=1S/C26H28N2O3S/c29-25(23-9-4-5-15-28(23)26(30)24-10-6-16-32-24)27-17-20-11-13-22(14-12-20)19-31-18-21-7-2-1-3-8-21/h1-3,6-8,10-14,16,23H,4-5,9,15,17-19H2,(H,27,29). The maximum Gasteiger partial charge on any atom is 0.264 e. The zero-order valence-corrected chi connectivity index (χ0v) is 18.9. The Kier molecular flexibility index (Phi) is 7.69. The molecule has 1 aromatic heterocycles. The number of nitrogens with one attached hydrogen (secondary N) is 1. The Morgan fingerprint density at radius 2 is 1.62 bits per heavy atom. The zero-order valence-electron chi connectivity index (χ0n) is 18.0. The monoisotopic (exact) mass is 448 g/mol. The first-order valence-electron chi connectivity index (χ1n) is 11.0. The maximum absolute atomic E-state index is 12.9. The van der Waals surface area contributed by atoms with Gasteiger partial charge in [-0.1, -0.05) is 60.7 Å². The Bertz CT molecular complexity index is 1000. The van der Waals surface area contributed by atoms with Gasteiger partial charge in [-0.15, -0.1) is 11.3 Å². The smallest absolute Gasteiger partial charge is 0.264 e. The largest absolute Gasteiger partial charge is 0.372 e. The van der Waals surface area contributed by atoms with Gasteiger partial charge in [0.1, 0.15) is 6.04 Å². The van der Waals surface area contributed by atoms with Gasteiger partial charge in [-0.25, -0.2) is 0 Å². The molecular weight excluding hydrogens is 420 g/mol. The van der Waals surface area contributed by atoms with E-state index in [-0.39, 0.29) is 11.8 Å². The summed E-state index contributed by atoms with van der Waals surface area (Å²) < 4.78 is 5.78. The van der Waals surface area contributed by atoms with Gasteiger partial charge >= 0.3 is 0 Å². The van der Waals surface area contributed by atoms with Crippen molar-refractivity contribution in [2.75, 3.05) is 6.54 Å². The number of amides is 2. The summed E-state index contributed by atoms with van der Waals surface area (Å²) in [6.07, 6.45) is 2.61. The molecule has 2 aromatic carbocycles. The van der Waals surface area contributed by atoms with Crippen LogP contribution in [0.3, 0.4) is 0 Å². The average Bonchev–Trinajstić information content (AvgIpc) is 3.39. The minimum Gasteiger partial charge on any atom is -0.372 e. The number of hydrogen-bond acceptors (Lipinski definition) is 4. The van der Waals surface area contributed by atoms with Gasteiger partial charge in [0.15, 0.2) is 0 Å². The molecule has 1 atom stereocenters. The molecule has 166 valence electrons. The minimum absolute atomic E-state index is 0.0419. The molecule has 0 aliphatic carbocycles. The van der Waals surface area contributed by atoms with E-state index < -0.39 is 6.04 Å². The first-order valence-corrected chi connectivity index (χ1v) is 11.9. The first kappa shape index (κ1) is 22.2. The molecule has 2 amide bonds. The number of likely N-dealkylation sites (tertiary alicyclic amines) is 1. The summed E-state index contributed by atoms with van der Waals surface area (Å²) in [5.41, 5.74) is 3.27. The van der Waals surface area contributed by atoms with E-state index >= 15 is 0 Å². The van der Waals surface area contributed by atoms with Crippen molar-refractivity contribution >= 4 is 23.2 Å². The van der Waals surface area contributed by atoms with Crippen LogP contribution >= 0.6 is 11.3 Å².